The van der Waals surface area contributed by atoms with Crippen LogP contribution in [0, 0.1) is 6.92 Å². The zero-order chi connectivity index (χ0) is 35.7. The van der Waals surface area contributed by atoms with Crippen molar-refractivity contribution < 1.29 is 27.5 Å². The quantitative estimate of drug-likeness (QED) is 0.148. The van der Waals surface area contributed by atoms with Crippen molar-refractivity contribution in [3.05, 3.63) is 118 Å². The van der Waals surface area contributed by atoms with Gasteiger partial charge in [0.2, 0.25) is 11.8 Å². The summed E-state index contributed by atoms with van der Waals surface area (Å²) < 4.78 is 41.2. The molecule has 11 heteroatoms. The minimum Gasteiger partial charge on any atom is -0.497 e. The smallest absolute Gasteiger partial charge is 0.264 e. The van der Waals surface area contributed by atoms with E-state index in [4.69, 9.17) is 9.47 Å². The van der Waals surface area contributed by atoms with Crippen molar-refractivity contribution in [1.82, 2.24) is 10.2 Å². The highest BCUT2D eigenvalue weighted by Crippen LogP contribution is 2.31. The van der Waals surface area contributed by atoms with Crippen LogP contribution in [0.3, 0.4) is 0 Å². The third kappa shape index (κ3) is 9.25. The van der Waals surface area contributed by atoms with E-state index in [0.29, 0.717) is 21.7 Å². The van der Waals surface area contributed by atoms with E-state index in [-0.39, 0.29) is 29.8 Å². The molecule has 0 bridgehead atoms. The first-order valence-electron chi connectivity index (χ1n) is 16.8. The lowest BCUT2D eigenvalue weighted by Gasteiger charge is -2.35. The van der Waals surface area contributed by atoms with Gasteiger partial charge in [0.25, 0.3) is 10.0 Å². The topological polar surface area (TPSA) is 105 Å². The lowest BCUT2D eigenvalue weighted by molar-refractivity contribution is -0.140. The summed E-state index contributed by atoms with van der Waals surface area (Å²) in [5.74, 6) is 0.291. The van der Waals surface area contributed by atoms with Crippen molar-refractivity contribution in [2.45, 2.75) is 69.0 Å². The summed E-state index contributed by atoms with van der Waals surface area (Å²) in [5.41, 5.74) is 2.88. The molecule has 2 amide bonds. The van der Waals surface area contributed by atoms with Crippen molar-refractivity contribution in [2.75, 3.05) is 25.1 Å². The number of hydrogen-bond acceptors (Lipinski definition) is 6. The van der Waals surface area contributed by atoms with Gasteiger partial charge >= 0.3 is 0 Å². The molecular weight excluding hydrogens is 718 g/mol. The molecule has 0 aromatic heterocycles. The normalized spacial score (nSPS) is 14.0. The molecule has 1 N–H and O–H groups in total. The number of hydrogen-bond donors (Lipinski definition) is 1. The fourth-order valence-electron chi connectivity index (χ4n) is 6.24. The van der Waals surface area contributed by atoms with Gasteiger partial charge in [-0.1, -0.05) is 79.4 Å². The summed E-state index contributed by atoms with van der Waals surface area (Å²) in [4.78, 5) is 30.6. The van der Waals surface area contributed by atoms with Crippen molar-refractivity contribution in [1.29, 1.82) is 0 Å². The zero-order valence-corrected chi connectivity index (χ0v) is 31.1. The summed E-state index contributed by atoms with van der Waals surface area (Å²) in [6, 6.07) is 27.4. The van der Waals surface area contributed by atoms with Gasteiger partial charge in [-0.15, -0.1) is 0 Å². The Morgan fingerprint density at radius 3 is 2.22 bits per heavy atom. The van der Waals surface area contributed by atoms with Gasteiger partial charge in [0.1, 0.15) is 24.1 Å². The van der Waals surface area contributed by atoms with Gasteiger partial charge in [0.05, 0.1) is 29.3 Å². The zero-order valence-electron chi connectivity index (χ0n) is 28.7. The van der Waals surface area contributed by atoms with Crippen LogP contribution in [0.2, 0.25) is 0 Å². The number of halogens is 1. The molecule has 1 saturated carbocycles. The highest BCUT2D eigenvalue weighted by Gasteiger charge is 2.35. The van der Waals surface area contributed by atoms with Crippen LogP contribution in [0.4, 0.5) is 5.69 Å². The molecular formula is C39H44BrN3O6S. The molecule has 4 aromatic rings. The van der Waals surface area contributed by atoms with Gasteiger partial charge in [-0.25, -0.2) is 8.42 Å². The molecule has 1 aliphatic carbocycles. The van der Waals surface area contributed by atoms with Crippen LogP contribution in [0.5, 0.6) is 11.5 Å². The Kier molecular flexibility index (Phi) is 12.6. The van der Waals surface area contributed by atoms with Gasteiger partial charge in [-0.05, 0) is 89.3 Å². The molecule has 264 valence electrons. The number of benzene rings is 4. The third-order valence-electron chi connectivity index (χ3n) is 9.02. The average molecular weight is 763 g/mol. The number of ether oxygens (including phenoxy) is 2. The number of methoxy groups -OCH3 is 2. The van der Waals surface area contributed by atoms with E-state index in [1.807, 2.05) is 61.5 Å². The van der Waals surface area contributed by atoms with E-state index in [9.17, 15) is 18.0 Å². The second kappa shape index (κ2) is 17.0. The SMILES string of the molecule is COc1cccc(CN(C(=O)CN(c2ccc(C)cc2)S(=O)(=O)c2ccc(OC)c(Br)c2)C(Cc2ccccc2)C(=O)NC2CCCCC2)c1. The van der Waals surface area contributed by atoms with Crippen molar-refractivity contribution in [2.24, 2.45) is 0 Å². The summed E-state index contributed by atoms with van der Waals surface area (Å²) in [6.45, 7) is 1.42. The van der Waals surface area contributed by atoms with Gasteiger partial charge in [0, 0.05) is 19.0 Å². The van der Waals surface area contributed by atoms with Crippen LogP contribution in [0.15, 0.2) is 106 Å². The summed E-state index contributed by atoms with van der Waals surface area (Å²) in [6.07, 6.45) is 5.21. The molecule has 5 rings (SSSR count). The Balaban J connectivity index is 1.58. The van der Waals surface area contributed by atoms with Crippen LogP contribution in [-0.4, -0.2) is 58.0 Å². The van der Waals surface area contributed by atoms with E-state index in [1.54, 1.807) is 37.4 Å². The fourth-order valence-corrected chi connectivity index (χ4v) is 8.37. The van der Waals surface area contributed by atoms with E-state index in [1.165, 1.54) is 24.1 Å². The maximum absolute atomic E-state index is 14.8. The Morgan fingerprint density at radius 1 is 0.860 bits per heavy atom. The minimum atomic E-state index is -4.27. The molecule has 1 aliphatic rings. The minimum absolute atomic E-state index is 0.0150. The lowest BCUT2D eigenvalue weighted by atomic mass is 9.94. The molecule has 4 aromatic carbocycles. The number of carbonyl (C=O) groups excluding carboxylic acids is 2. The summed E-state index contributed by atoms with van der Waals surface area (Å²) in [7, 11) is -1.21. The second-order valence-corrected chi connectivity index (χ2v) is 15.3. The average Bonchev–Trinajstić information content (AvgIpc) is 3.13. The molecule has 50 heavy (non-hydrogen) atoms. The van der Waals surface area contributed by atoms with Gasteiger partial charge < -0.3 is 19.7 Å². The molecule has 0 heterocycles. The number of sulfonamides is 1. The molecule has 0 spiro atoms. The predicted molar refractivity (Wildman–Crippen MR) is 199 cm³/mol. The first kappa shape index (κ1) is 36.9. The Labute approximate surface area is 303 Å². The van der Waals surface area contributed by atoms with Crippen LogP contribution >= 0.6 is 15.9 Å². The van der Waals surface area contributed by atoms with Gasteiger partial charge in [0.15, 0.2) is 0 Å². The first-order valence-corrected chi connectivity index (χ1v) is 19.0. The fraction of sp³-hybridized carbons (Fsp3) is 0.333. The van der Waals surface area contributed by atoms with Crippen molar-refractivity contribution >= 4 is 43.5 Å². The molecule has 1 atom stereocenters. The monoisotopic (exact) mass is 761 g/mol. The van der Waals surface area contributed by atoms with Gasteiger partial charge in [-0.2, -0.15) is 0 Å². The lowest BCUT2D eigenvalue weighted by Crippen LogP contribution is -2.55. The van der Waals surface area contributed by atoms with Crippen molar-refractivity contribution in [3.63, 3.8) is 0 Å². The van der Waals surface area contributed by atoms with Crippen LogP contribution in [-0.2, 0) is 32.6 Å². The van der Waals surface area contributed by atoms with Crippen LogP contribution < -0.4 is 19.1 Å². The maximum atomic E-state index is 14.8. The molecule has 9 nitrogen and oxygen atoms in total. The van der Waals surface area contributed by atoms with Gasteiger partial charge in [-0.3, -0.25) is 13.9 Å². The molecule has 1 fully saturated rings. The van der Waals surface area contributed by atoms with E-state index in [0.717, 1.165) is 53.1 Å². The highest BCUT2D eigenvalue weighted by molar-refractivity contribution is 9.10. The number of nitrogens with zero attached hydrogens (tertiary/aromatic N) is 2. The van der Waals surface area contributed by atoms with Crippen LogP contribution in [0.1, 0.15) is 48.8 Å². The Morgan fingerprint density at radius 2 is 1.56 bits per heavy atom. The Bertz CT molecular complexity index is 1860. The maximum Gasteiger partial charge on any atom is 0.264 e. The first-order chi connectivity index (χ1) is 24.1. The number of amides is 2. The van der Waals surface area contributed by atoms with E-state index in [2.05, 4.69) is 21.2 Å². The van der Waals surface area contributed by atoms with Crippen molar-refractivity contribution in [3.8, 4) is 11.5 Å². The predicted octanol–water partition coefficient (Wildman–Crippen LogP) is 7.06. The highest BCUT2D eigenvalue weighted by atomic mass is 79.9. The molecule has 1 unspecified atom stereocenters. The van der Waals surface area contributed by atoms with E-state index >= 15 is 0 Å². The van der Waals surface area contributed by atoms with Crippen LogP contribution in [0.25, 0.3) is 0 Å². The number of aryl methyl sites for hydroxylation is 1. The Hall–Kier alpha value is -4.35. The summed E-state index contributed by atoms with van der Waals surface area (Å²) >= 11 is 3.41. The van der Waals surface area contributed by atoms with E-state index < -0.39 is 28.5 Å². The summed E-state index contributed by atoms with van der Waals surface area (Å²) in [5, 5.41) is 3.24. The third-order valence-corrected chi connectivity index (χ3v) is 11.4. The number of anilines is 1. The largest absolute Gasteiger partial charge is 0.497 e. The molecule has 0 radical (unpaired) electrons. The standard InChI is InChI=1S/C39H44BrN3O6S/c1-28-17-19-32(20-18-28)43(50(46,47)34-21-22-37(49-3)35(40)25-34)27-38(44)42(26-30-13-10-16-33(23-30)48-2)36(24-29-11-6-4-7-12-29)39(45)41-31-14-8-5-9-15-31/h4,6-7,10-13,16-23,25,31,36H,5,8-9,14-15,24,26-27H2,1-3H3,(H,41,45). The second-order valence-electron chi connectivity index (χ2n) is 12.6. The number of nitrogens with one attached hydrogen (secondary N) is 1. The number of carbonyl (C=O) groups is 2. The number of rotatable bonds is 14. The molecule has 0 saturated heterocycles. The molecule has 0 aliphatic heterocycles.